The molecule has 1 fully saturated rings. The zero-order valence-electron chi connectivity index (χ0n) is 14.3. The zero-order chi connectivity index (χ0) is 20.5. The van der Waals surface area contributed by atoms with Crippen LogP contribution in [0, 0.1) is 5.82 Å². The van der Waals surface area contributed by atoms with Crippen LogP contribution in [0.25, 0.3) is 0 Å². The number of halogens is 4. The van der Waals surface area contributed by atoms with E-state index in [0.717, 1.165) is 29.2 Å². The molecule has 1 aromatic carbocycles. The van der Waals surface area contributed by atoms with Crippen molar-refractivity contribution in [3.63, 3.8) is 0 Å². The van der Waals surface area contributed by atoms with E-state index >= 15 is 0 Å². The molecule has 2 aromatic rings. The van der Waals surface area contributed by atoms with Crippen LogP contribution in [0.1, 0.15) is 5.56 Å². The second kappa shape index (κ2) is 7.33. The van der Waals surface area contributed by atoms with E-state index in [4.69, 9.17) is 9.47 Å². The Morgan fingerprint density at radius 3 is 2.64 bits per heavy atom. The van der Waals surface area contributed by atoms with Gasteiger partial charge in [-0.25, -0.2) is 14.2 Å². The van der Waals surface area contributed by atoms with Crippen LogP contribution < -0.4 is 10.1 Å². The number of cyclic esters (lactones) is 1. The molecule has 1 unspecified atom stereocenters. The highest BCUT2D eigenvalue weighted by Gasteiger charge is 2.35. The van der Waals surface area contributed by atoms with Crippen LogP contribution in [0.5, 0.6) is 11.6 Å². The van der Waals surface area contributed by atoms with Gasteiger partial charge in [0.2, 0.25) is 5.88 Å². The Morgan fingerprint density at radius 1 is 1.32 bits per heavy atom. The normalized spacial score (nSPS) is 16.7. The highest BCUT2D eigenvalue weighted by Crippen LogP contribution is 2.31. The van der Waals surface area contributed by atoms with Crippen molar-refractivity contribution in [3.8, 4) is 11.6 Å². The number of benzene rings is 1. The molecular formula is C17H13F4N3O4. The zero-order valence-corrected chi connectivity index (χ0v) is 14.3. The molecule has 3 rings (SSSR count). The average molecular weight is 399 g/mol. The molecule has 11 heteroatoms. The first-order valence-corrected chi connectivity index (χ1v) is 7.86. The van der Waals surface area contributed by atoms with Crippen molar-refractivity contribution in [1.82, 2.24) is 9.88 Å². The van der Waals surface area contributed by atoms with Crippen molar-refractivity contribution in [2.75, 3.05) is 19.0 Å². The van der Waals surface area contributed by atoms with Crippen LogP contribution in [0.15, 0.2) is 36.5 Å². The third-order valence-corrected chi connectivity index (χ3v) is 3.90. The summed E-state index contributed by atoms with van der Waals surface area (Å²) in [7, 11) is 1.37. The lowest BCUT2D eigenvalue weighted by molar-refractivity contribution is -0.137. The maximum Gasteiger partial charge on any atom is 0.417 e. The number of aromatic nitrogens is 1. The lowest BCUT2D eigenvalue weighted by atomic mass is 10.2. The minimum absolute atomic E-state index is 0.0380. The summed E-state index contributed by atoms with van der Waals surface area (Å²) in [4.78, 5) is 28.1. The molecule has 1 aliphatic heterocycles. The topological polar surface area (TPSA) is 80.8 Å². The van der Waals surface area contributed by atoms with Gasteiger partial charge < -0.3 is 14.8 Å². The second-order valence-corrected chi connectivity index (χ2v) is 5.82. The van der Waals surface area contributed by atoms with Gasteiger partial charge >= 0.3 is 12.3 Å². The van der Waals surface area contributed by atoms with Crippen molar-refractivity contribution in [2.24, 2.45) is 0 Å². The number of ether oxygens (including phenoxy) is 2. The number of rotatable bonds is 4. The number of nitrogens with one attached hydrogen (secondary N) is 1. The summed E-state index contributed by atoms with van der Waals surface area (Å²) in [6.07, 6.45) is -4.60. The molecule has 1 aliphatic rings. The lowest BCUT2D eigenvalue weighted by Crippen LogP contribution is -2.40. The molecule has 0 bridgehead atoms. The molecule has 2 heterocycles. The van der Waals surface area contributed by atoms with Crippen molar-refractivity contribution < 1.29 is 36.6 Å². The van der Waals surface area contributed by atoms with Gasteiger partial charge in [-0.3, -0.25) is 9.69 Å². The van der Waals surface area contributed by atoms with E-state index in [2.05, 4.69) is 10.3 Å². The third-order valence-electron chi connectivity index (χ3n) is 3.90. The van der Waals surface area contributed by atoms with E-state index in [9.17, 15) is 27.2 Å². The van der Waals surface area contributed by atoms with Gasteiger partial charge in [-0.1, -0.05) is 0 Å². The summed E-state index contributed by atoms with van der Waals surface area (Å²) in [6.45, 7) is -0.172. The number of alkyl halides is 3. The quantitative estimate of drug-likeness (QED) is 0.797. The molecule has 1 atom stereocenters. The van der Waals surface area contributed by atoms with Gasteiger partial charge in [0.1, 0.15) is 24.2 Å². The fourth-order valence-corrected chi connectivity index (χ4v) is 2.35. The van der Waals surface area contributed by atoms with E-state index in [-0.39, 0.29) is 23.9 Å². The SMILES string of the molecule is CN1C(=O)OCC1C(=O)Nc1cc(Oc2ccc(C(F)(F)F)cn2)ccc1F. The summed E-state index contributed by atoms with van der Waals surface area (Å²) in [5.41, 5.74) is -1.17. The van der Waals surface area contributed by atoms with Crippen LogP contribution in [-0.4, -0.2) is 41.6 Å². The van der Waals surface area contributed by atoms with Gasteiger partial charge in [0.25, 0.3) is 5.91 Å². The van der Waals surface area contributed by atoms with E-state index in [1.165, 1.54) is 13.1 Å². The van der Waals surface area contributed by atoms with E-state index in [1.54, 1.807) is 0 Å². The maximum absolute atomic E-state index is 14.0. The third kappa shape index (κ3) is 4.13. The molecule has 0 radical (unpaired) electrons. The van der Waals surface area contributed by atoms with Gasteiger partial charge in [0.05, 0.1) is 11.3 Å². The maximum atomic E-state index is 14.0. The Bertz CT molecular complexity index is 902. The number of carbonyl (C=O) groups is 2. The summed E-state index contributed by atoms with van der Waals surface area (Å²) in [5, 5.41) is 2.32. The van der Waals surface area contributed by atoms with Crippen molar-refractivity contribution in [2.45, 2.75) is 12.2 Å². The predicted molar refractivity (Wildman–Crippen MR) is 87.2 cm³/mol. The molecule has 1 saturated heterocycles. The van der Waals surface area contributed by atoms with E-state index in [1.807, 2.05) is 0 Å². The summed E-state index contributed by atoms with van der Waals surface area (Å²) in [5.74, 6) is -1.55. The summed E-state index contributed by atoms with van der Waals surface area (Å²) in [6, 6.07) is 4.26. The Morgan fingerprint density at radius 2 is 2.07 bits per heavy atom. The van der Waals surface area contributed by atoms with Crippen LogP contribution in [0.2, 0.25) is 0 Å². The summed E-state index contributed by atoms with van der Waals surface area (Å²) >= 11 is 0. The van der Waals surface area contributed by atoms with Crippen molar-refractivity contribution in [3.05, 3.63) is 47.9 Å². The highest BCUT2D eigenvalue weighted by molar-refractivity contribution is 5.97. The Hall–Kier alpha value is -3.37. The van der Waals surface area contributed by atoms with E-state index in [0.29, 0.717) is 6.20 Å². The average Bonchev–Trinajstić information content (AvgIpc) is 2.97. The molecular weight excluding hydrogens is 386 g/mol. The van der Waals surface area contributed by atoms with Crippen molar-refractivity contribution >= 4 is 17.7 Å². The van der Waals surface area contributed by atoms with Crippen LogP contribution in [-0.2, 0) is 15.7 Å². The van der Waals surface area contributed by atoms with Gasteiger partial charge in [-0.2, -0.15) is 13.2 Å². The van der Waals surface area contributed by atoms with Gasteiger partial charge in [-0.05, 0) is 18.2 Å². The van der Waals surface area contributed by atoms with Crippen LogP contribution >= 0.6 is 0 Å². The first-order chi connectivity index (χ1) is 13.1. The number of pyridine rings is 1. The molecule has 28 heavy (non-hydrogen) atoms. The number of carbonyl (C=O) groups excluding carboxylic acids is 2. The number of anilines is 1. The fourth-order valence-electron chi connectivity index (χ4n) is 2.35. The van der Waals surface area contributed by atoms with Gasteiger partial charge in [-0.15, -0.1) is 0 Å². The Balaban J connectivity index is 1.73. The minimum atomic E-state index is -4.53. The van der Waals surface area contributed by atoms with Crippen LogP contribution in [0.3, 0.4) is 0 Å². The summed E-state index contributed by atoms with van der Waals surface area (Å²) < 4.78 is 61.7. The first kappa shape index (κ1) is 19.4. The largest absolute Gasteiger partial charge is 0.447 e. The Labute approximate surface area is 155 Å². The fraction of sp³-hybridized carbons (Fsp3) is 0.235. The van der Waals surface area contributed by atoms with Crippen molar-refractivity contribution in [1.29, 1.82) is 0 Å². The number of hydrogen-bond acceptors (Lipinski definition) is 5. The second-order valence-electron chi connectivity index (χ2n) is 5.82. The molecule has 0 spiro atoms. The first-order valence-electron chi connectivity index (χ1n) is 7.86. The lowest BCUT2D eigenvalue weighted by Gasteiger charge is -2.16. The van der Waals surface area contributed by atoms with E-state index < -0.39 is 35.6 Å². The standard InChI is InChI=1S/C17H13F4N3O4/c1-24-13(8-27-16(24)26)15(25)23-12-6-10(3-4-11(12)18)28-14-5-2-9(7-22-14)17(19,20)21/h2-7,13H,8H2,1H3,(H,23,25). The number of likely N-dealkylation sites (N-methyl/N-ethyl adjacent to an activating group) is 1. The minimum Gasteiger partial charge on any atom is -0.447 e. The smallest absolute Gasteiger partial charge is 0.417 e. The number of nitrogens with zero attached hydrogens (tertiary/aromatic N) is 2. The Kier molecular flexibility index (Phi) is 5.08. The predicted octanol–water partition coefficient (Wildman–Crippen LogP) is 3.42. The monoisotopic (exact) mass is 399 g/mol. The van der Waals surface area contributed by atoms with Gasteiger partial charge in [0.15, 0.2) is 0 Å². The highest BCUT2D eigenvalue weighted by atomic mass is 19.4. The molecule has 1 aromatic heterocycles. The van der Waals surface area contributed by atoms with Gasteiger partial charge in [0, 0.05) is 25.4 Å². The molecule has 2 amide bonds. The van der Waals surface area contributed by atoms with Crippen LogP contribution in [0.4, 0.5) is 28.0 Å². The molecule has 7 nitrogen and oxygen atoms in total. The number of hydrogen-bond donors (Lipinski definition) is 1. The molecule has 0 saturated carbocycles. The molecule has 148 valence electrons. The molecule has 1 N–H and O–H groups in total. The molecule has 0 aliphatic carbocycles. The number of amides is 2.